The van der Waals surface area contributed by atoms with Crippen LogP contribution in [0, 0.1) is 0 Å². The number of benzene rings is 1. The van der Waals surface area contributed by atoms with Crippen molar-refractivity contribution < 1.29 is 9.47 Å². The number of ether oxygens (including phenoxy) is 2. The van der Waals surface area contributed by atoms with Crippen LogP contribution in [0.4, 0.5) is 11.8 Å². The van der Waals surface area contributed by atoms with Gasteiger partial charge in [0.05, 0.1) is 19.3 Å². The van der Waals surface area contributed by atoms with Crippen LogP contribution < -0.4 is 9.80 Å². The highest BCUT2D eigenvalue weighted by Crippen LogP contribution is 2.42. The molecule has 0 radical (unpaired) electrons. The molecule has 1 atom stereocenters. The Balaban J connectivity index is 1.39. The van der Waals surface area contributed by atoms with Crippen LogP contribution in [0.5, 0.6) is 0 Å². The van der Waals surface area contributed by atoms with E-state index in [2.05, 4.69) is 51.0 Å². The molecule has 0 aliphatic carbocycles. The van der Waals surface area contributed by atoms with Crippen molar-refractivity contribution in [1.29, 1.82) is 0 Å². The summed E-state index contributed by atoms with van der Waals surface area (Å²) >= 11 is 0. The molecule has 176 valence electrons. The standard InChI is InChI=1S/C25H29N7O2/c1-16-15-34-14-11-31(16)23-20-22(28-21(27-20)18-3-2-4-19-17(18)5-9-26-19)29-24(30-23)32-10-6-25(32)7-12-33-13-8-25/h2-5,9,16,26H,6-8,10-15H2,1H3,(H,27,28,29,30)/t16-/m1/s1. The Morgan fingerprint density at radius 3 is 2.74 bits per heavy atom. The van der Waals surface area contributed by atoms with Crippen LogP contribution in [0.3, 0.4) is 0 Å². The Morgan fingerprint density at radius 2 is 1.91 bits per heavy atom. The van der Waals surface area contributed by atoms with Gasteiger partial charge in [0.1, 0.15) is 11.3 Å². The number of nitrogens with zero attached hydrogens (tertiary/aromatic N) is 5. The zero-order valence-corrected chi connectivity index (χ0v) is 19.4. The summed E-state index contributed by atoms with van der Waals surface area (Å²) in [7, 11) is 0. The normalized spacial score (nSPS) is 22.6. The third-order valence-corrected chi connectivity index (χ3v) is 7.85. The molecular weight excluding hydrogens is 430 g/mol. The van der Waals surface area contributed by atoms with Crippen molar-refractivity contribution in [2.45, 2.75) is 37.8 Å². The number of nitrogens with one attached hydrogen (secondary N) is 2. The highest BCUT2D eigenvalue weighted by Gasteiger charge is 2.47. The largest absolute Gasteiger partial charge is 0.381 e. The maximum atomic E-state index is 5.72. The minimum atomic E-state index is 0.121. The predicted octanol–water partition coefficient (Wildman–Crippen LogP) is 3.49. The first-order chi connectivity index (χ1) is 16.7. The number of rotatable bonds is 3. The van der Waals surface area contributed by atoms with Gasteiger partial charge in [0, 0.05) is 54.5 Å². The molecule has 0 unspecified atom stereocenters. The molecule has 0 bridgehead atoms. The molecule has 9 heteroatoms. The molecule has 34 heavy (non-hydrogen) atoms. The van der Waals surface area contributed by atoms with Gasteiger partial charge in [-0.1, -0.05) is 12.1 Å². The Morgan fingerprint density at radius 1 is 1.00 bits per heavy atom. The number of aromatic nitrogens is 5. The smallest absolute Gasteiger partial charge is 0.229 e. The monoisotopic (exact) mass is 459 g/mol. The maximum Gasteiger partial charge on any atom is 0.229 e. The molecule has 3 aliphatic heterocycles. The van der Waals surface area contributed by atoms with Gasteiger partial charge in [0.2, 0.25) is 5.95 Å². The van der Waals surface area contributed by atoms with Crippen LogP contribution in [0.25, 0.3) is 33.5 Å². The average molecular weight is 460 g/mol. The first kappa shape index (κ1) is 20.2. The van der Waals surface area contributed by atoms with Crippen molar-refractivity contribution in [2.24, 2.45) is 0 Å². The number of fused-ring (bicyclic) bond motifs is 2. The van der Waals surface area contributed by atoms with Crippen molar-refractivity contribution in [3.05, 3.63) is 30.5 Å². The van der Waals surface area contributed by atoms with Gasteiger partial charge in [-0.25, -0.2) is 4.98 Å². The van der Waals surface area contributed by atoms with E-state index in [9.17, 15) is 0 Å². The van der Waals surface area contributed by atoms with Crippen LogP contribution in [0.15, 0.2) is 30.5 Å². The number of H-pyrrole nitrogens is 2. The number of aromatic amines is 2. The van der Waals surface area contributed by atoms with Gasteiger partial charge in [-0.3, -0.25) is 0 Å². The van der Waals surface area contributed by atoms with Gasteiger partial charge in [-0.15, -0.1) is 0 Å². The first-order valence-electron chi connectivity index (χ1n) is 12.3. The van der Waals surface area contributed by atoms with E-state index in [-0.39, 0.29) is 11.6 Å². The second-order valence-corrected chi connectivity index (χ2v) is 9.73. The van der Waals surface area contributed by atoms with E-state index in [0.717, 1.165) is 84.4 Å². The number of hydrogen-bond acceptors (Lipinski definition) is 7. The molecule has 6 heterocycles. The highest BCUT2D eigenvalue weighted by molar-refractivity contribution is 5.96. The SMILES string of the molecule is C[C@@H]1COCCN1c1nc(N2CCC23CCOCC3)nc2nc(-c3cccc4[nH]ccc34)[nH]c12. The summed E-state index contributed by atoms with van der Waals surface area (Å²) in [5.41, 5.74) is 3.88. The van der Waals surface area contributed by atoms with E-state index in [1.165, 1.54) is 6.42 Å². The summed E-state index contributed by atoms with van der Waals surface area (Å²) in [5.74, 6) is 2.52. The van der Waals surface area contributed by atoms with Crippen LogP contribution in [-0.4, -0.2) is 76.0 Å². The molecule has 3 aliphatic rings. The first-order valence-corrected chi connectivity index (χ1v) is 12.3. The van der Waals surface area contributed by atoms with Crippen LogP contribution in [0.1, 0.15) is 26.2 Å². The Bertz CT molecular complexity index is 1360. The molecular formula is C25H29N7O2. The third-order valence-electron chi connectivity index (χ3n) is 7.85. The van der Waals surface area contributed by atoms with Gasteiger partial charge < -0.3 is 29.2 Å². The van der Waals surface area contributed by atoms with Crippen LogP contribution >= 0.6 is 0 Å². The molecule has 3 fully saturated rings. The van der Waals surface area contributed by atoms with Gasteiger partial charge >= 0.3 is 0 Å². The molecule has 7 rings (SSSR count). The lowest BCUT2D eigenvalue weighted by Gasteiger charge is -2.54. The van der Waals surface area contributed by atoms with E-state index in [4.69, 9.17) is 24.4 Å². The van der Waals surface area contributed by atoms with E-state index in [0.29, 0.717) is 13.2 Å². The third kappa shape index (κ3) is 3.03. The summed E-state index contributed by atoms with van der Waals surface area (Å²) in [6.07, 6.45) is 5.19. The highest BCUT2D eigenvalue weighted by atomic mass is 16.5. The van der Waals surface area contributed by atoms with Crippen molar-refractivity contribution in [3.8, 4) is 11.4 Å². The summed E-state index contributed by atoms with van der Waals surface area (Å²) in [6.45, 7) is 6.96. The minimum Gasteiger partial charge on any atom is -0.381 e. The molecule has 0 amide bonds. The zero-order chi connectivity index (χ0) is 22.7. The summed E-state index contributed by atoms with van der Waals surface area (Å²) in [4.78, 5) is 26.8. The van der Waals surface area contributed by atoms with E-state index in [1.54, 1.807) is 0 Å². The number of hydrogen-bond donors (Lipinski definition) is 2. The molecule has 3 saturated heterocycles. The molecule has 3 aromatic heterocycles. The minimum absolute atomic E-state index is 0.121. The zero-order valence-electron chi connectivity index (χ0n) is 19.4. The second kappa shape index (κ2) is 7.68. The molecule has 1 spiro atoms. The second-order valence-electron chi connectivity index (χ2n) is 9.73. The summed E-state index contributed by atoms with van der Waals surface area (Å²) in [6, 6.07) is 8.56. The predicted molar refractivity (Wildman–Crippen MR) is 131 cm³/mol. The number of morpholine rings is 1. The lowest BCUT2D eigenvalue weighted by Crippen LogP contribution is -2.63. The molecule has 4 aromatic rings. The number of imidazole rings is 1. The van der Waals surface area contributed by atoms with Crippen molar-refractivity contribution in [1.82, 2.24) is 24.9 Å². The maximum absolute atomic E-state index is 5.72. The summed E-state index contributed by atoms with van der Waals surface area (Å²) in [5, 5.41) is 1.14. The van der Waals surface area contributed by atoms with E-state index >= 15 is 0 Å². The van der Waals surface area contributed by atoms with Gasteiger partial charge in [-0.2, -0.15) is 9.97 Å². The lowest BCUT2D eigenvalue weighted by atomic mass is 9.78. The van der Waals surface area contributed by atoms with Gasteiger partial charge in [-0.05, 0) is 38.3 Å². The molecule has 9 nitrogen and oxygen atoms in total. The molecule has 0 saturated carbocycles. The van der Waals surface area contributed by atoms with E-state index in [1.807, 2.05) is 6.20 Å². The van der Waals surface area contributed by atoms with Crippen LogP contribution in [-0.2, 0) is 9.47 Å². The molecule has 2 N–H and O–H groups in total. The fourth-order valence-corrected chi connectivity index (χ4v) is 5.78. The summed E-state index contributed by atoms with van der Waals surface area (Å²) < 4.78 is 11.4. The van der Waals surface area contributed by atoms with Crippen molar-refractivity contribution in [2.75, 3.05) is 49.3 Å². The Hall–Kier alpha value is -3.17. The Kier molecular flexibility index (Phi) is 4.57. The van der Waals surface area contributed by atoms with E-state index < -0.39 is 0 Å². The van der Waals surface area contributed by atoms with Gasteiger partial charge in [0.15, 0.2) is 11.5 Å². The fraction of sp³-hybridized carbons (Fsp3) is 0.480. The number of anilines is 2. The van der Waals surface area contributed by atoms with Crippen LogP contribution in [0.2, 0.25) is 0 Å². The fourth-order valence-electron chi connectivity index (χ4n) is 5.78. The lowest BCUT2D eigenvalue weighted by molar-refractivity contribution is 0.0280. The van der Waals surface area contributed by atoms with Gasteiger partial charge in [0.25, 0.3) is 0 Å². The van der Waals surface area contributed by atoms with Crippen molar-refractivity contribution >= 4 is 33.8 Å². The van der Waals surface area contributed by atoms with Crippen molar-refractivity contribution in [3.63, 3.8) is 0 Å². The average Bonchev–Trinajstić information content (AvgIpc) is 3.51. The quantitative estimate of drug-likeness (QED) is 0.484. The Labute approximate surface area is 197 Å². The topological polar surface area (TPSA) is 95.2 Å². The molecule has 1 aromatic carbocycles.